The molecule has 0 aromatic carbocycles. The number of hydrogen-bond donors (Lipinski definition) is 2. The normalized spacial score (nSPS) is 13.2. The number of pyridine rings is 1. The van der Waals surface area contributed by atoms with Gasteiger partial charge in [-0.25, -0.2) is 9.78 Å². The summed E-state index contributed by atoms with van der Waals surface area (Å²) in [6.07, 6.45) is 6.03. The van der Waals surface area contributed by atoms with Gasteiger partial charge in [-0.3, -0.25) is 0 Å². The van der Waals surface area contributed by atoms with Crippen LogP contribution in [0.4, 0.5) is 5.82 Å². The SMILES string of the molecule is CCCCOCCCNc1nc2c(cc1C(=O)O)CCC2. The van der Waals surface area contributed by atoms with Crippen molar-refractivity contribution in [3.63, 3.8) is 0 Å². The third kappa shape index (κ3) is 4.43. The maximum atomic E-state index is 11.3. The summed E-state index contributed by atoms with van der Waals surface area (Å²) in [6, 6.07) is 1.78. The highest BCUT2D eigenvalue weighted by Crippen LogP contribution is 2.25. The highest BCUT2D eigenvalue weighted by molar-refractivity contribution is 5.93. The highest BCUT2D eigenvalue weighted by atomic mass is 16.5. The number of fused-ring (bicyclic) bond motifs is 1. The van der Waals surface area contributed by atoms with Gasteiger partial charge in [-0.1, -0.05) is 13.3 Å². The van der Waals surface area contributed by atoms with Crippen molar-refractivity contribution in [3.05, 3.63) is 22.9 Å². The van der Waals surface area contributed by atoms with Gasteiger partial charge in [-0.05, 0) is 43.7 Å². The Bertz CT molecular complexity index is 489. The van der Waals surface area contributed by atoms with Crippen molar-refractivity contribution in [2.24, 2.45) is 0 Å². The average molecular weight is 292 g/mol. The van der Waals surface area contributed by atoms with Crippen molar-refractivity contribution >= 4 is 11.8 Å². The van der Waals surface area contributed by atoms with Crippen molar-refractivity contribution in [1.82, 2.24) is 4.98 Å². The molecule has 0 fully saturated rings. The lowest BCUT2D eigenvalue weighted by Crippen LogP contribution is -2.13. The molecule has 1 heterocycles. The second-order valence-corrected chi connectivity index (χ2v) is 5.40. The summed E-state index contributed by atoms with van der Waals surface area (Å²) in [5.74, 6) is -0.421. The molecule has 21 heavy (non-hydrogen) atoms. The minimum Gasteiger partial charge on any atom is -0.478 e. The molecule has 116 valence electrons. The van der Waals surface area contributed by atoms with Gasteiger partial charge in [0.25, 0.3) is 0 Å². The topological polar surface area (TPSA) is 71.5 Å². The number of rotatable bonds is 9. The third-order valence-electron chi connectivity index (χ3n) is 3.68. The lowest BCUT2D eigenvalue weighted by molar-refractivity contribution is 0.0697. The quantitative estimate of drug-likeness (QED) is 0.685. The maximum absolute atomic E-state index is 11.3. The fourth-order valence-electron chi connectivity index (χ4n) is 2.50. The Hall–Kier alpha value is -1.62. The molecule has 5 heteroatoms. The summed E-state index contributed by atoms with van der Waals surface area (Å²) >= 11 is 0. The summed E-state index contributed by atoms with van der Waals surface area (Å²) in [4.78, 5) is 15.8. The molecular weight excluding hydrogens is 268 g/mol. The minimum absolute atomic E-state index is 0.280. The summed E-state index contributed by atoms with van der Waals surface area (Å²) in [5, 5.41) is 12.4. The predicted molar refractivity (Wildman–Crippen MR) is 82.1 cm³/mol. The molecule has 2 rings (SSSR count). The number of aromatic carboxylic acids is 1. The van der Waals surface area contributed by atoms with E-state index >= 15 is 0 Å². The molecule has 0 saturated carbocycles. The minimum atomic E-state index is -0.918. The summed E-state index contributed by atoms with van der Waals surface area (Å²) < 4.78 is 5.49. The Morgan fingerprint density at radius 3 is 2.95 bits per heavy atom. The van der Waals surface area contributed by atoms with Gasteiger partial charge >= 0.3 is 5.97 Å². The van der Waals surface area contributed by atoms with E-state index < -0.39 is 5.97 Å². The zero-order valence-corrected chi connectivity index (χ0v) is 12.7. The molecule has 0 spiro atoms. The average Bonchev–Trinajstić information content (AvgIpc) is 2.92. The van der Waals surface area contributed by atoms with E-state index in [1.807, 2.05) is 0 Å². The van der Waals surface area contributed by atoms with Crippen LogP contribution in [-0.4, -0.2) is 35.8 Å². The molecule has 0 atom stereocenters. The largest absolute Gasteiger partial charge is 0.478 e. The first-order valence-corrected chi connectivity index (χ1v) is 7.80. The lowest BCUT2D eigenvalue weighted by atomic mass is 10.1. The molecule has 1 aromatic heterocycles. The molecule has 0 radical (unpaired) electrons. The molecule has 1 aliphatic rings. The molecule has 0 bridgehead atoms. The smallest absolute Gasteiger partial charge is 0.339 e. The van der Waals surface area contributed by atoms with Crippen LogP contribution in [-0.2, 0) is 17.6 Å². The number of carboxylic acids is 1. The van der Waals surface area contributed by atoms with Gasteiger partial charge in [0.15, 0.2) is 0 Å². The Kier molecular flexibility index (Phi) is 5.99. The van der Waals surface area contributed by atoms with Crippen molar-refractivity contribution in [1.29, 1.82) is 0 Å². The van der Waals surface area contributed by atoms with Crippen LogP contribution in [0.1, 0.15) is 54.2 Å². The van der Waals surface area contributed by atoms with Gasteiger partial charge in [0, 0.05) is 25.5 Å². The van der Waals surface area contributed by atoms with Gasteiger partial charge in [-0.15, -0.1) is 0 Å². The number of nitrogens with one attached hydrogen (secondary N) is 1. The molecular formula is C16H24N2O3. The second kappa shape index (κ2) is 7.98. The van der Waals surface area contributed by atoms with Crippen molar-refractivity contribution in [3.8, 4) is 0 Å². The van der Waals surface area contributed by atoms with Crippen molar-refractivity contribution in [2.75, 3.05) is 25.1 Å². The Morgan fingerprint density at radius 2 is 2.19 bits per heavy atom. The number of ether oxygens (including phenoxy) is 1. The van der Waals surface area contributed by atoms with Gasteiger partial charge < -0.3 is 15.2 Å². The van der Waals surface area contributed by atoms with E-state index in [9.17, 15) is 9.90 Å². The van der Waals surface area contributed by atoms with Crippen LogP contribution in [0.25, 0.3) is 0 Å². The van der Waals surface area contributed by atoms with Crippen LogP contribution in [0.15, 0.2) is 6.07 Å². The van der Waals surface area contributed by atoms with Crippen LogP contribution in [0.3, 0.4) is 0 Å². The predicted octanol–water partition coefficient (Wildman–Crippen LogP) is 2.89. The number of aryl methyl sites for hydroxylation is 2. The van der Waals surface area contributed by atoms with Crippen molar-refractivity contribution in [2.45, 2.75) is 45.4 Å². The monoisotopic (exact) mass is 292 g/mol. The van der Waals surface area contributed by atoms with Gasteiger partial charge in [0.1, 0.15) is 11.4 Å². The van der Waals surface area contributed by atoms with Crippen LogP contribution in [0.5, 0.6) is 0 Å². The van der Waals surface area contributed by atoms with E-state index in [1.54, 1.807) is 6.07 Å². The Labute approximate surface area is 125 Å². The number of unbranched alkanes of at least 4 members (excludes halogenated alkanes) is 1. The molecule has 0 aliphatic heterocycles. The third-order valence-corrected chi connectivity index (χ3v) is 3.68. The highest BCUT2D eigenvalue weighted by Gasteiger charge is 2.19. The van der Waals surface area contributed by atoms with Crippen LogP contribution in [0, 0.1) is 0 Å². The number of aromatic nitrogens is 1. The molecule has 5 nitrogen and oxygen atoms in total. The van der Waals surface area contributed by atoms with Gasteiger partial charge in [0.05, 0.1) is 0 Å². The maximum Gasteiger partial charge on any atom is 0.339 e. The number of hydrogen-bond acceptors (Lipinski definition) is 4. The molecule has 0 amide bonds. The Balaban J connectivity index is 1.86. The fraction of sp³-hybridized carbons (Fsp3) is 0.625. The molecule has 2 N–H and O–H groups in total. The molecule has 0 saturated heterocycles. The number of nitrogens with zero attached hydrogens (tertiary/aromatic N) is 1. The second-order valence-electron chi connectivity index (χ2n) is 5.40. The Morgan fingerprint density at radius 1 is 1.38 bits per heavy atom. The van der Waals surface area contributed by atoms with E-state index in [-0.39, 0.29) is 5.56 Å². The number of anilines is 1. The molecule has 1 aromatic rings. The van der Waals surface area contributed by atoms with E-state index in [4.69, 9.17) is 4.74 Å². The zero-order valence-electron chi connectivity index (χ0n) is 12.7. The number of carbonyl (C=O) groups is 1. The summed E-state index contributed by atoms with van der Waals surface area (Å²) in [5.41, 5.74) is 2.41. The first-order valence-electron chi connectivity index (χ1n) is 7.80. The van der Waals surface area contributed by atoms with Crippen LogP contribution < -0.4 is 5.32 Å². The van der Waals surface area contributed by atoms with E-state index in [1.165, 1.54) is 0 Å². The van der Waals surface area contributed by atoms with E-state index in [0.29, 0.717) is 19.0 Å². The standard InChI is InChI=1S/C16H24N2O3/c1-2-3-9-21-10-5-8-17-15-13(16(19)20)11-12-6-4-7-14(12)18-15/h11H,2-10H2,1H3,(H,17,18)(H,19,20). The van der Waals surface area contributed by atoms with E-state index in [2.05, 4.69) is 17.2 Å². The lowest BCUT2D eigenvalue weighted by Gasteiger charge is -2.11. The summed E-state index contributed by atoms with van der Waals surface area (Å²) in [7, 11) is 0. The first-order chi connectivity index (χ1) is 10.2. The fourth-order valence-corrected chi connectivity index (χ4v) is 2.50. The molecule has 0 unspecified atom stereocenters. The number of carboxylic acid groups (broad SMARTS) is 1. The van der Waals surface area contributed by atoms with Crippen LogP contribution >= 0.6 is 0 Å². The first kappa shape index (κ1) is 15.8. The summed E-state index contributed by atoms with van der Waals surface area (Å²) in [6.45, 7) is 4.31. The van der Waals surface area contributed by atoms with Gasteiger partial charge in [0.2, 0.25) is 0 Å². The van der Waals surface area contributed by atoms with E-state index in [0.717, 1.165) is 56.4 Å². The zero-order chi connectivity index (χ0) is 15.1. The van der Waals surface area contributed by atoms with Gasteiger partial charge in [-0.2, -0.15) is 0 Å². The van der Waals surface area contributed by atoms with Crippen LogP contribution in [0.2, 0.25) is 0 Å². The van der Waals surface area contributed by atoms with Crippen molar-refractivity contribution < 1.29 is 14.6 Å². The molecule has 1 aliphatic carbocycles.